The highest BCUT2D eigenvalue weighted by molar-refractivity contribution is 5.92. The van der Waals surface area contributed by atoms with Crippen LogP contribution in [0.15, 0.2) is 18.2 Å². The smallest absolute Gasteiger partial charge is 0.338 e. The van der Waals surface area contributed by atoms with Crippen molar-refractivity contribution in [1.82, 2.24) is 4.90 Å². The predicted molar refractivity (Wildman–Crippen MR) is 73.1 cm³/mol. The summed E-state index contributed by atoms with van der Waals surface area (Å²) in [6.07, 6.45) is -0.0518. The molecule has 0 saturated carbocycles. The molecule has 1 heterocycles. The molecule has 0 radical (unpaired) electrons. The lowest BCUT2D eigenvalue weighted by Gasteiger charge is -2.29. The van der Waals surface area contributed by atoms with Crippen molar-refractivity contribution in [2.24, 2.45) is 0 Å². The number of esters is 1. The van der Waals surface area contributed by atoms with Gasteiger partial charge in [-0.15, -0.1) is 0 Å². The Kier molecular flexibility index (Phi) is 4.39. The van der Waals surface area contributed by atoms with Gasteiger partial charge in [0, 0.05) is 18.8 Å². The summed E-state index contributed by atoms with van der Waals surface area (Å²) in [5.74, 6) is -0.346. The Morgan fingerprint density at radius 3 is 3.11 bits per heavy atom. The van der Waals surface area contributed by atoms with Crippen molar-refractivity contribution in [3.63, 3.8) is 0 Å². The molecule has 1 unspecified atom stereocenters. The Morgan fingerprint density at radius 1 is 1.58 bits per heavy atom. The summed E-state index contributed by atoms with van der Waals surface area (Å²) < 4.78 is 10.9. The number of nitrogens with zero attached hydrogens (tertiary/aromatic N) is 1. The van der Waals surface area contributed by atoms with Gasteiger partial charge in [-0.25, -0.2) is 4.79 Å². The Morgan fingerprint density at radius 2 is 2.37 bits per heavy atom. The molecule has 1 fully saturated rings. The highest BCUT2D eigenvalue weighted by atomic mass is 16.6. The largest absolute Gasteiger partial charge is 0.459 e. The summed E-state index contributed by atoms with van der Waals surface area (Å²) in [4.78, 5) is 14.2. The standard InChI is InChI=1S/C14H20N2O3/c1-10-3-4-11(15)7-13(10)14(17)19-9-12-8-16(2)5-6-18-12/h3-4,7,12H,5-6,8-9,15H2,1-2H3. The van der Waals surface area contributed by atoms with Crippen molar-refractivity contribution < 1.29 is 14.3 Å². The molecule has 0 aromatic heterocycles. The maximum absolute atomic E-state index is 12.0. The molecular weight excluding hydrogens is 244 g/mol. The zero-order chi connectivity index (χ0) is 13.8. The second kappa shape index (κ2) is 6.04. The zero-order valence-corrected chi connectivity index (χ0v) is 11.4. The van der Waals surface area contributed by atoms with Crippen LogP contribution in [-0.4, -0.2) is 50.3 Å². The van der Waals surface area contributed by atoms with Crippen LogP contribution < -0.4 is 5.73 Å². The van der Waals surface area contributed by atoms with Crippen molar-refractivity contribution in [1.29, 1.82) is 0 Å². The van der Waals surface area contributed by atoms with Crippen molar-refractivity contribution >= 4 is 11.7 Å². The summed E-state index contributed by atoms with van der Waals surface area (Å²) >= 11 is 0. The molecule has 0 spiro atoms. The molecule has 1 aliphatic rings. The van der Waals surface area contributed by atoms with E-state index in [1.165, 1.54) is 0 Å². The monoisotopic (exact) mass is 264 g/mol. The van der Waals surface area contributed by atoms with E-state index in [0.29, 0.717) is 17.9 Å². The molecule has 5 heteroatoms. The van der Waals surface area contributed by atoms with Crippen LogP contribution in [0.5, 0.6) is 0 Å². The number of rotatable bonds is 3. The third kappa shape index (κ3) is 3.68. The number of anilines is 1. The van der Waals surface area contributed by atoms with Gasteiger partial charge in [-0.05, 0) is 31.7 Å². The fraction of sp³-hybridized carbons (Fsp3) is 0.500. The third-order valence-corrected chi connectivity index (χ3v) is 3.22. The summed E-state index contributed by atoms with van der Waals surface area (Å²) in [6, 6.07) is 5.23. The average molecular weight is 264 g/mol. The number of aryl methyl sites for hydroxylation is 1. The van der Waals surface area contributed by atoms with Crippen molar-refractivity contribution in [2.75, 3.05) is 39.1 Å². The summed E-state index contributed by atoms with van der Waals surface area (Å²) in [6.45, 7) is 4.51. The molecule has 0 aliphatic carbocycles. The Bertz CT molecular complexity index is 462. The van der Waals surface area contributed by atoms with Gasteiger partial charge in [-0.1, -0.05) is 6.07 Å². The van der Waals surface area contributed by atoms with Gasteiger partial charge in [0.25, 0.3) is 0 Å². The summed E-state index contributed by atoms with van der Waals surface area (Å²) in [5.41, 5.74) is 7.62. The van der Waals surface area contributed by atoms with Gasteiger partial charge in [-0.3, -0.25) is 0 Å². The number of ether oxygens (including phenoxy) is 2. The van der Waals surface area contributed by atoms with Crippen molar-refractivity contribution in [3.05, 3.63) is 29.3 Å². The predicted octanol–water partition coefficient (Wildman–Crippen LogP) is 1.06. The quantitative estimate of drug-likeness (QED) is 0.653. The number of morpholine rings is 1. The molecular formula is C14H20N2O3. The van der Waals surface area contributed by atoms with Gasteiger partial charge in [0.1, 0.15) is 12.7 Å². The van der Waals surface area contributed by atoms with E-state index in [0.717, 1.165) is 18.7 Å². The van der Waals surface area contributed by atoms with E-state index in [1.807, 2.05) is 20.0 Å². The minimum atomic E-state index is -0.346. The molecule has 1 aromatic rings. The number of carbonyl (C=O) groups is 1. The number of hydrogen-bond donors (Lipinski definition) is 1. The maximum atomic E-state index is 12.0. The highest BCUT2D eigenvalue weighted by Crippen LogP contribution is 2.14. The molecule has 1 saturated heterocycles. The van der Waals surface area contributed by atoms with Crippen LogP contribution in [0.3, 0.4) is 0 Å². The van der Waals surface area contributed by atoms with Crippen LogP contribution in [0, 0.1) is 6.92 Å². The van der Waals surface area contributed by atoms with E-state index in [9.17, 15) is 4.79 Å². The van der Waals surface area contributed by atoms with Crippen molar-refractivity contribution in [3.8, 4) is 0 Å². The Balaban J connectivity index is 1.92. The lowest BCUT2D eigenvalue weighted by molar-refractivity contribution is -0.0528. The second-order valence-electron chi connectivity index (χ2n) is 4.93. The molecule has 1 aliphatic heterocycles. The number of benzene rings is 1. The molecule has 1 atom stereocenters. The van der Waals surface area contributed by atoms with Gasteiger partial charge in [0.15, 0.2) is 0 Å². The molecule has 0 bridgehead atoms. The van der Waals surface area contributed by atoms with Gasteiger partial charge in [-0.2, -0.15) is 0 Å². The first kappa shape index (κ1) is 13.8. The fourth-order valence-electron chi connectivity index (χ4n) is 2.07. The summed E-state index contributed by atoms with van der Waals surface area (Å²) in [7, 11) is 2.03. The van der Waals surface area contributed by atoms with E-state index in [-0.39, 0.29) is 18.7 Å². The van der Waals surface area contributed by atoms with Gasteiger partial charge >= 0.3 is 5.97 Å². The third-order valence-electron chi connectivity index (χ3n) is 3.22. The molecule has 0 amide bonds. The van der Waals surface area contributed by atoms with Gasteiger partial charge in [0.2, 0.25) is 0 Å². The molecule has 2 rings (SSSR count). The molecule has 2 N–H and O–H groups in total. The lowest BCUT2D eigenvalue weighted by Crippen LogP contribution is -2.42. The van der Waals surface area contributed by atoms with Crippen LogP contribution in [0.2, 0.25) is 0 Å². The lowest BCUT2D eigenvalue weighted by atomic mass is 10.1. The first-order valence-electron chi connectivity index (χ1n) is 6.39. The van der Waals surface area contributed by atoms with Crippen LogP contribution in [0.1, 0.15) is 15.9 Å². The van der Waals surface area contributed by atoms with Crippen LogP contribution in [0.25, 0.3) is 0 Å². The van der Waals surface area contributed by atoms with Crippen LogP contribution in [0.4, 0.5) is 5.69 Å². The average Bonchev–Trinajstić information content (AvgIpc) is 2.39. The van der Waals surface area contributed by atoms with Crippen LogP contribution in [-0.2, 0) is 9.47 Å². The second-order valence-corrected chi connectivity index (χ2v) is 4.93. The van der Waals surface area contributed by atoms with Gasteiger partial charge in [0.05, 0.1) is 12.2 Å². The minimum absolute atomic E-state index is 0.0518. The van der Waals surface area contributed by atoms with E-state index in [1.54, 1.807) is 12.1 Å². The topological polar surface area (TPSA) is 64.8 Å². The van der Waals surface area contributed by atoms with E-state index in [4.69, 9.17) is 15.2 Å². The normalized spacial score (nSPS) is 20.2. The number of hydrogen-bond acceptors (Lipinski definition) is 5. The first-order chi connectivity index (χ1) is 9.06. The number of likely N-dealkylation sites (N-methyl/N-ethyl adjacent to an activating group) is 1. The number of nitrogen functional groups attached to an aromatic ring is 1. The van der Waals surface area contributed by atoms with Gasteiger partial charge < -0.3 is 20.1 Å². The highest BCUT2D eigenvalue weighted by Gasteiger charge is 2.20. The SMILES string of the molecule is Cc1ccc(N)cc1C(=O)OCC1CN(C)CCO1. The minimum Gasteiger partial charge on any atom is -0.459 e. The van der Waals surface area contributed by atoms with E-state index >= 15 is 0 Å². The summed E-state index contributed by atoms with van der Waals surface area (Å²) in [5, 5.41) is 0. The first-order valence-corrected chi connectivity index (χ1v) is 6.39. The number of carbonyl (C=O) groups excluding carboxylic acids is 1. The fourth-order valence-corrected chi connectivity index (χ4v) is 2.07. The van der Waals surface area contributed by atoms with E-state index in [2.05, 4.69) is 4.90 Å². The molecule has 104 valence electrons. The van der Waals surface area contributed by atoms with E-state index < -0.39 is 0 Å². The zero-order valence-electron chi connectivity index (χ0n) is 11.4. The molecule has 19 heavy (non-hydrogen) atoms. The van der Waals surface area contributed by atoms with Crippen LogP contribution >= 0.6 is 0 Å². The Labute approximate surface area is 113 Å². The maximum Gasteiger partial charge on any atom is 0.338 e. The molecule has 1 aromatic carbocycles. The van der Waals surface area contributed by atoms with Crippen molar-refractivity contribution in [2.45, 2.75) is 13.0 Å². The Hall–Kier alpha value is -1.59. The molecule has 5 nitrogen and oxygen atoms in total. The number of nitrogens with two attached hydrogens (primary N) is 1.